The Morgan fingerprint density at radius 1 is 1.35 bits per heavy atom. The predicted molar refractivity (Wildman–Crippen MR) is 66.7 cm³/mol. The van der Waals surface area contributed by atoms with Gasteiger partial charge >= 0.3 is 17.4 Å². The second-order valence-corrected chi connectivity index (χ2v) is 3.93. The number of carbonyl (C=O) groups is 1. The fourth-order valence-corrected chi connectivity index (χ4v) is 1.79. The van der Waals surface area contributed by atoms with Gasteiger partial charge in [-0.2, -0.15) is 9.46 Å². The van der Waals surface area contributed by atoms with E-state index in [0.29, 0.717) is 9.46 Å². The summed E-state index contributed by atoms with van der Waals surface area (Å²) in [6, 6.07) is 6.13. The zero-order valence-electron chi connectivity index (χ0n) is 10.5. The third kappa shape index (κ3) is 2.30. The molecule has 0 amide bonds. The number of esters is 1. The van der Waals surface area contributed by atoms with Crippen molar-refractivity contribution in [3.8, 4) is 0 Å². The van der Waals surface area contributed by atoms with Gasteiger partial charge in [0, 0.05) is 19.1 Å². The molecule has 0 aliphatic carbocycles. The fraction of sp³-hybridized carbons (Fsp3) is 0.167. The number of oxime groups is 1. The van der Waals surface area contributed by atoms with Gasteiger partial charge in [-0.05, 0) is 0 Å². The Morgan fingerprint density at radius 3 is 2.50 bits per heavy atom. The highest BCUT2D eigenvalue weighted by Gasteiger charge is 2.27. The van der Waals surface area contributed by atoms with Crippen molar-refractivity contribution in [3.05, 3.63) is 46.1 Å². The first-order chi connectivity index (χ1) is 9.56. The maximum Gasteiger partial charge on any atom is 0.311 e. The third-order valence-electron chi connectivity index (χ3n) is 2.67. The van der Waals surface area contributed by atoms with Crippen LogP contribution in [0.1, 0.15) is 18.3 Å². The molecule has 0 spiro atoms. The van der Waals surface area contributed by atoms with Crippen LogP contribution in [0.4, 0.5) is 0 Å². The molecular weight excluding hydrogens is 266 g/mol. The number of hydrogen-bond acceptors (Lipinski definition) is 6. The van der Waals surface area contributed by atoms with Crippen LogP contribution in [0.2, 0.25) is 0 Å². The molecule has 0 aliphatic rings. The molecule has 1 N–H and O–H groups in total. The number of ether oxygens (including phenoxy) is 1. The van der Waals surface area contributed by atoms with Crippen molar-refractivity contribution in [2.45, 2.75) is 13.5 Å². The Labute approximate surface area is 113 Å². The first-order valence-electron chi connectivity index (χ1n) is 5.63. The highest BCUT2D eigenvalue weighted by atomic mass is 16.5. The molecule has 20 heavy (non-hydrogen) atoms. The number of hydrogen-bond donors (Lipinski definition) is 1. The minimum atomic E-state index is -0.595. The van der Waals surface area contributed by atoms with Gasteiger partial charge in [0.15, 0.2) is 6.61 Å². The van der Waals surface area contributed by atoms with Gasteiger partial charge in [-0.1, -0.05) is 17.3 Å². The van der Waals surface area contributed by atoms with Crippen LogP contribution in [0.15, 0.2) is 29.4 Å². The summed E-state index contributed by atoms with van der Waals surface area (Å²) < 4.78 is 5.67. The normalized spacial score (nSPS) is 11.1. The summed E-state index contributed by atoms with van der Waals surface area (Å²) >= 11 is 0. The number of rotatable bonds is 3. The van der Waals surface area contributed by atoms with E-state index >= 15 is 0 Å². The summed E-state index contributed by atoms with van der Waals surface area (Å²) in [6.45, 7) is 0.786. The molecule has 0 bridgehead atoms. The second-order valence-electron chi connectivity index (χ2n) is 3.93. The van der Waals surface area contributed by atoms with Crippen LogP contribution in [0.5, 0.6) is 0 Å². The summed E-state index contributed by atoms with van der Waals surface area (Å²) in [4.78, 5) is 10.8. The third-order valence-corrected chi connectivity index (χ3v) is 2.67. The average Bonchev–Trinajstić information content (AvgIpc) is 2.44. The molecule has 104 valence electrons. The van der Waals surface area contributed by atoms with Gasteiger partial charge in [0.1, 0.15) is 6.21 Å². The van der Waals surface area contributed by atoms with Crippen molar-refractivity contribution >= 4 is 23.2 Å². The highest BCUT2D eigenvalue weighted by molar-refractivity contribution is 5.78. The topological polar surface area (TPSA) is 113 Å². The molecule has 0 radical (unpaired) electrons. The van der Waals surface area contributed by atoms with Crippen LogP contribution < -0.4 is 9.46 Å². The van der Waals surface area contributed by atoms with Crippen molar-refractivity contribution in [3.63, 3.8) is 0 Å². The monoisotopic (exact) mass is 277 g/mol. The lowest BCUT2D eigenvalue weighted by Crippen LogP contribution is -2.46. The molecule has 1 aromatic carbocycles. The maximum atomic E-state index is 12.2. The van der Waals surface area contributed by atoms with E-state index in [2.05, 4.69) is 5.16 Å². The van der Waals surface area contributed by atoms with Gasteiger partial charge < -0.3 is 20.4 Å². The standard InChI is InChI=1S/C12H11N3O5/c1-8(16)20-7-12-11(6-13-17)14(18)9-4-2-3-5-10(9)15(12)19/h2-6,17H,7H2,1H3/b13-6+. The van der Waals surface area contributed by atoms with Gasteiger partial charge in [0.05, 0.1) is 0 Å². The largest absolute Gasteiger partial charge is 0.618 e. The van der Waals surface area contributed by atoms with E-state index in [9.17, 15) is 15.2 Å². The van der Waals surface area contributed by atoms with Crippen molar-refractivity contribution in [2.75, 3.05) is 0 Å². The number of benzene rings is 1. The van der Waals surface area contributed by atoms with E-state index in [4.69, 9.17) is 9.94 Å². The molecule has 8 heteroatoms. The molecule has 0 saturated heterocycles. The maximum absolute atomic E-state index is 12.2. The zero-order chi connectivity index (χ0) is 14.7. The van der Waals surface area contributed by atoms with Crippen LogP contribution in [-0.4, -0.2) is 17.4 Å². The molecule has 0 unspecified atom stereocenters. The first kappa shape index (κ1) is 13.5. The van der Waals surface area contributed by atoms with Crippen molar-refractivity contribution in [1.82, 2.24) is 0 Å². The van der Waals surface area contributed by atoms with Gasteiger partial charge in [-0.25, -0.2) is 0 Å². The number of fused-ring (bicyclic) bond motifs is 1. The zero-order valence-corrected chi connectivity index (χ0v) is 10.5. The molecule has 2 rings (SSSR count). The van der Waals surface area contributed by atoms with Gasteiger partial charge in [0.25, 0.3) is 11.0 Å². The minimum Gasteiger partial charge on any atom is -0.618 e. The number of carbonyl (C=O) groups excluding carboxylic acids is 1. The Kier molecular flexibility index (Phi) is 3.65. The van der Waals surface area contributed by atoms with Crippen molar-refractivity contribution < 1.29 is 24.2 Å². The summed E-state index contributed by atoms with van der Waals surface area (Å²) in [5.74, 6) is -0.595. The second kappa shape index (κ2) is 5.39. The highest BCUT2D eigenvalue weighted by Crippen LogP contribution is 2.09. The Morgan fingerprint density at radius 2 is 1.95 bits per heavy atom. The fourth-order valence-electron chi connectivity index (χ4n) is 1.79. The predicted octanol–water partition coefficient (Wildman–Crippen LogP) is -0.0222. The lowest BCUT2D eigenvalue weighted by Gasteiger charge is -2.10. The average molecular weight is 277 g/mol. The Balaban J connectivity index is 2.72. The van der Waals surface area contributed by atoms with Crippen LogP contribution in [0, 0.1) is 10.4 Å². The number of aromatic nitrogens is 2. The van der Waals surface area contributed by atoms with Crippen molar-refractivity contribution in [2.24, 2.45) is 5.16 Å². The van der Waals surface area contributed by atoms with E-state index in [1.54, 1.807) is 12.1 Å². The lowest BCUT2D eigenvalue weighted by molar-refractivity contribution is -0.637. The molecule has 1 aromatic heterocycles. The molecule has 8 nitrogen and oxygen atoms in total. The van der Waals surface area contributed by atoms with Gasteiger partial charge in [0.2, 0.25) is 0 Å². The first-order valence-corrected chi connectivity index (χ1v) is 5.63. The quantitative estimate of drug-likeness (QED) is 0.211. The molecule has 0 atom stereocenters. The minimum absolute atomic E-state index is 0.115. The summed E-state index contributed by atoms with van der Waals surface area (Å²) in [6.07, 6.45) is 0.826. The SMILES string of the molecule is CC(=O)OCc1c(/C=N/O)[n+]([O-])c2ccccc2[n+]1[O-]. The molecule has 0 fully saturated rings. The van der Waals surface area contributed by atoms with Crippen LogP contribution in [0.25, 0.3) is 11.0 Å². The smallest absolute Gasteiger partial charge is 0.311 e. The molecule has 1 heterocycles. The van der Waals surface area contributed by atoms with Crippen molar-refractivity contribution in [1.29, 1.82) is 0 Å². The van der Waals surface area contributed by atoms with Crippen LogP contribution in [-0.2, 0) is 16.1 Å². The molecule has 0 saturated carbocycles. The van der Waals surface area contributed by atoms with E-state index in [1.165, 1.54) is 19.1 Å². The van der Waals surface area contributed by atoms with E-state index in [0.717, 1.165) is 6.21 Å². The number of para-hydroxylation sites is 2. The van der Waals surface area contributed by atoms with E-state index < -0.39 is 12.6 Å². The lowest BCUT2D eigenvalue weighted by atomic mass is 10.2. The molecular formula is C12H11N3O5. The van der Waals surface area contributed by atoms with Gasteiger partial charge in [-0.15, -0.1) is 0 Å². The summed E-state index contributed by atoms with van der Waals surface area (Å²) in [5, 5.41) is 35.7. The van der Waals surface area contributed by atoms with Crippen LogP contribution in [0.3, 0.4) is 0 Å². The Hall–Kier alpha value is -2.90. The Bertz CT molecular complexity index is 699. The van der Waals surface area contributed by atoms with Gasteiger partial charge in [-0.3, -0.25) is 4.79 Å². The van der Waals surface area contributed by atoms with E-state index in [-0.39, 0.29) is 22.4 Å². The van der Waals surface area contributed by atoms with Crippen LogP contribution >= 0.6 is 0 Å². The van der Waals surface area contributed by atoms with E-state index in [1.807, 2.05) is 0 Å². The number of nitrogens with zero attached hydrogens (tertiary/aromatic N) is 3. The molecule has 0 aliphatic heterocycles. The molecule has 2 aromatic rings. The summed E-state index contributed by atoms with van der Waals surface area (Å²) in [5.41, 5.74) is -0.0714. The summed E-state index contributed by atoms with van der Waals surface area (Å²) in [7, 11) is 0.